The van der Waals surface area contributed by atoms with Crippen molar-refractivity contribution in [1.29, 1.82) is 0 Å². The average Bonchev–Trinajstić information content (AvgIpc) is 3.11. The number of carbonyl (C=O) groups is 1. The average molecular weight is 380 g/mol. The molecule has 0 bridgehead atoms. The van der Waals surface area contributed by atoms with E-state index in [4.69, 9.17) is 0 Å². The van der Waals surface area contributed by atoms with Crippen LogP contribution in [-0.2, 0) is 24.9 Å². The van der Waals surface area contributed by atoms with Crippen molar-refractivity contribution >= 4 is 22.6 Å². The molecule has 1 N–H and O–H groups in total. The molecule has 3 aromatic rings. The second-order valence-corrected chi connectivity index (χ2v) is 7.18. The first-order valence-electron chi connectivity index (χ1n) is 9.59. The number of benzene rings is 1. The Hall–Kier alpha value is -3.16. The maximum absolute atomic E-state index is 12.5. The zero-order valence-corrected chi connectivity index (χ0v) is 16.0. The van der Waals surface area contributed by atoms with Crippen LogP contribution in [-0.4, -0.2) is 38.3 Å². The first-order valence-corrected chi connectivity index (χ1v) is 9.59. The van der Waals surface area contributed by atoms with E-state index in [9.17, 15) is 9.59 Å². The number of aryl methyl sites for hydroxylation is 1. The summed E-state index contributed by atoms with van der Waals surface area (Å²) in [5.41, 5.74) is 2.50. The van der Waals surface area contributed by atoms with Gasteiger partial charge in [-0.05, 0) is 37.0 Å². The fourth-order valence-corrected chi connectivity index (χ4v) is 3.61. The number of anilines is 1. The van der Waals surface area contributed by atoms with Gasteiger partial charge in [0.15, 0.2) is 5.65 Å². The van der Waals surface area contributed by atoms with Crippen molar-refractivity contribution < 1.29 is 4.79 Å². The lowest BCUT2D eigenvalue weighted by Gasteiger charge is -2.29. The van der Waals surface area contributed by atoms with E-state index in [0.717, 1.165) is 18.7 Å². The van der Waals surface area contributed by atoms with Gasteiger partial charge in [0.25, 0.3) is 5.56 Å². The molecule has 146 valence electrons. The molecule has 8 heteroatoms. The molecule has 0 atom stereocenters. The number of rotatable bonds is 5. The highest BCUT2D eigenvalue weighted by atomic mass is 16.2. The van der Waals surface area contributed by atoms with Crippen molar-refractivity contribution in [3.8, 4) is 0 Å². The lowest BCUT2D eigenvalue weighted by molar-refractivity contribution is -0.121. The summed E-state index contributed by atoms with van der Waals surface area (Å²) < 4.78 is 2.85. The number of hydrogen-bond acceptors (Lipinski definition) is 5. The van der Waals surface area contributed by atoms with E-state index in [-0.39, 0.29) is 18.0 Å². The smallest absolute Gasteiger partial charge is 0.264 e. The first-order chi connectivity index (χ1) is 13.6. The maximum Gasteiger partial charge on any atom is 0.264 e. The monoisotopic (exact) mass is 380 g/mol. The largest absolute Gasteiger partial charge is 0.372 e. The highest BCUT2D eigenvalue weighted by Crippen LogP contribution is 2.20. The van der Waals surface area contributed by atoms with Gasteiger partial charge in [-0.15, -0.1) is 0 Å². The van der Waals surface area contributed by atoms with E-state index in [1.165, 1.54) is 46.7 Å². The van der Waals surface area contributed by atoms with Crippen molar-refractivity contribution in [3.63, 3.8) is 0 Å². The molecule has 1 aromatic carbocycles. The van der Waals surface area contributed by atoms with Gasteiger partial charge in [-0.2, -0.15) is 5.10 Å². The summed E-state index contributed by atoms with van der Waals surface area (Å²) in [5.74, 6) is -0.226. The lowest BCUT2D eigenvalue weighted by Crippen LogP contribution is -2.32. The Morgan fingerprint density at radius 3 is 2.86 bits per heavy atom. The quantitative estimate of drug-likeness (QED) is 0.724. The predicted molar refractivity (Wildman–Crippen MR) is 107 cm³/mol. The second-order valence-electron chi connectivity index (χ2n) is 7.18. The number of piperidine rings is 1. The molecule has 0 radical (unpaired) electrons. The summed E-state index contributed by atoms with van der Waals surface area (Å²) >= 11 is 0. The van der Waals surface area contributed by atoms with Crippen LogP contribution in [0.3, 0.4) is 0 Å². The third-order valence-corrected chi connectivity index (χ3v) is 5.15. The minimum atomic E-state index is -0.264. The van der Waals surface area contributed by atoms with Crippen molar-refractivity contribution in [3.05, 3.63) is 52.7 Å². The van der Waals surface area contributed by atoms with E-state index in [1.807, 2.05) is 12.1 Å². The summed E-state index contributed by atoms with van der Waals surface area (Å²) in [5, 5.41) is 7.34. The van der Waals surface area contributed by atoms with Crippen LogP contribution in [0.5, 0.6) is 0 Å². The Bertz CT molecular complexity index is 1050. The lowest BCUT2D eigenvalue weighted by atomic mass is 10.1. The molecule has 0 aliphatic carbocycles. The number of aromatic nitrogens is 4. The molecule has 2 aromatic heterocycles. The van der Waals surface area contributed by atoms with Gasteiger partial charge in [0.1, 0.15) is 18.3 Å². The summed E-state index contributed by atoms with van der Waals surface area (Å²) in [6, 6.07) is 8.27. The number of amides is 1. The summed E-state index contributed by atoms with van der Waals surface area (Å²) in [6.07, 6.45) is 6.62. The highest BCUT2D eigenvalue weighted by molar-refractivity contribution is 5.77. The molecule has 0 unspecified atom stereocenters. The normalized spacial score (nSPS) is 14.4. The highest BCUT2D eigenvalue weighted by Gasteiger charge is 2.12. The van der Waals surface area contributed by atoms with Gasteiger partial charge in [0.05, 0.1) is 6.20 Å². The number of nitrogens with zero attached hydrogens (tertiary/aromatic N) is 5. The van der Waals surface area contributed by atoms with Gasteiger partial charge >= 0.3 is 0 Å². The summed E-state index contributed by atoms with van der Waals surface area (Å²) in [4.78, 5) is 31.4. The predicted octanol–water partition coefficient (Wildman–Crippen LogP) is 1.44. The van der Waals surface area contributed by atoms with Crippen LogP contribution in [0.4, 0.5) is 5.69 Å². The molecular formula is C20H24N6O2. The van der Waals surface area contributed by atoms with Crippen molar-refractivity contribution in [2.45, 2.75) is 32.4 Å². The van der Waals surface area contributed by atoms with Crippen LogP contribution in [0.15, 0.2) is 41.6 Å². The Balaban J connectivity index is 1.39. The molecule has 3 heterocycles. The van der Waals surface area contributed by atoms with Crippen LogP contribution in [0.1, 0.15) is 24.8 Å². The fraction of sp³-hybridized carbons (Fsp3) is 0.400. The van der Waals surface area contributed by atoms with Crippen LogP contribution < -0.4 is 15.8 Å². The Labute approximate surface area is 162 Å². The number of hydrogen-bond donors (Lipinski definition) is 1. The van der Waals surface area contributed by atoms with E-state index < -0.39 is 0 Å². The van der Waals surface area contributed by atoms with Crippen LogP contribution in [0.2, 0.25) is 0 Å². The zero-order chi connectivity index (χ0) is 19.5. The molecule has 0 saturated carbocycles. The molecule has 1 amide bonds. The van der Waals surface area contributed by atoms with Crippen LogP contribution >= 0.6 is 0 Å². The summed E-state index contributed by atoms with van der Waals surface area (Å²) in [7, 11) is 1.73. The molecular weight excluding hydrogens is 356 g/mol. The van der Waals surface area contributed by atoms with E-state index >= 15 is 0 Å². The van der Waals surface area contributed by atoms with Gasteiger partial charge in [-0.1, -0.05) is 12.1 Å². The summed E-state index contributed by atoms with van der Waals surface area (Å²) in [6.45, 7) is 2.53. The van der Waals surface area contributed by atoms with Gasteiger partial charge in [-0.3, -0.25) is 18.8 Å². The number of fused-ring (bicyclic) bond motifs is 1. The minimum absolute atomic E-state index is 0.0670. The fourth-order valence-electron chi connectivity index (χ4n) is 3.61. The third kappa shape index (κ3) is 3.76. The van der Waals surface area contributed by atoms with Crippen molar-refractivity contribution in [1.82, 2.24) is 24.6 Å². The van der Waals surface area contributed by atoms with Crippen molar-refractivity contribution in [2.75, 3.05) is 18.0 Å². The number of carbonyl (C=O) groups excluding carboxylic acids is 1. The molecule has 0 spiro atoms. The van der Waals surface area contributed by atoms with E-state index in [1.54, 1.807) is 7.05 Å². The first kappa shape index (κ1) is 18.2. The SMILES string of the molecule is Cn1ncc2c(=O)n(CC(=O)NCc3cccc(N4CCCCC4)c3)cnc21. The van der Waals surface area contributed by atoms with Gasteiger partial charge in [0.2, 0.25) is 5.91 Å². The third-order valence-electron chi connectivity index (χ3n) is 5.15. The zero-order valence-electron chi connectivity index (χ0n) is 16.0. The Kier molecular flexibility index (Phi) is 5.10. The second kappa shape index (κ2) is 7.84. The van der Waals surface area contributed by atoms with Gasteiger partial charge in [0, 0.05) is 32.4 Å². The van der Waals surface area contributed by atoms with Crippen molar-refractivity contribution in [2.24, 2.45) is 7.05 Å². The molecule has 28 heavy (non-hydrogen) atoms. The van der Waals surface area contributed by atoms with E-state index in [0.29, 0.717) is 17.6 Å². The molecule has 1 saturated heterocycles. The topological polar surface area (TPSA) is 85.0 Å². The van der Waals surface area contributed by atoms with E-state index in [2.05, 4.69) is 32.4 Å². The van der Waals surface area contributed by atoms with Crippen LogP contribution in [0.25, 0.3) is 11.0 Å². The maximum atomic E-state index is 12.5. The minimum Gasteiger partial charge on any atom is -0.372 e. The molecule has 4 rings (SSSR count). The Morgan fingerprint density at radius 1 is 1.21 bits per heavy atom. The van der Waals surface area contributed by atoms with Gasteiger partial charge < -0.3 is 10.2 Å². The molecule has 1 aliphatic rings. The molecule has 1 aliphatic heterocycles. The number of nitrogens with one attached hydrogen (secondary N) is 1. The van der Waals surface area contributed by atoms with Crippen LogP contribution in [0, 0.1) is 0 Å². The molecule has 1 fully saturated rings. The standard InChI is InChI=1S/C20H24N6O2/c1-24-19-17(12-23-24)20(28)26(14-22-19)13-18(27)21-11-15-6-5-7-16(10-15)25-8-3-2-4-9-25/h5-7,10,12,14H,2-4,8-9,11,13H2,1H3,(H,21,27). The van der Waals surface area contributed by atoms with Gasteiger partial charge in [-0.25, -0.2) is 4.98 Å². The Morgan fingerprint density at radius 2 is 2.04 bits per heavy atom. The molecule has 8 nitrogen and oxygen atoms in total.